The molecule has 0 amide bonds. The summed E-state index contributed by atoms with van der Waals surface area (Å²) < 4.78 is 2.08. The maximum Gasteiger partial charge on any atom is 0.0524 e. The molecule has 84 valence electrons. The van der Waals surface area contributed by atoms with Crippen molar-refractivity contribution in [1.82, 2.24) is 14.7 Å². The highest BCUT2D eigenvalue weighted by molar-refractivity contribution is 5.22. The molecule has 2 rings (SSSR count). The maximum absolute atomic E-state index is 4.38. The number of hydrogen-bond acceptors (Lipinski definition) is 2. The largest absolute Gasteiger partial charge is 0.306 e. The second-order valence-corrected chi connectivity index (χ2v) is 4.61. The van der Waals surface area contributed by atoms with Gasteiger partial charge in [-0.15, -0.1) is 0 Å². The van der Waals surface area contributed by atoms with Crippen molar-refractivity contribution in [2.75, 3.05) is 20.1 Å². The minimum atomic E-state index is 0.726. The van der Waals surface area contributed by atoms with Crippen LogP contribution in [-0.2, 0) is 13.5 Å². The second-order valence-electron chi connectivity index (χ2n) is 4.61. The molecule has 15 heavy (non-hydrogen) atoms. The summed E-state index contributed by atoms with van der Waals surface area (Å²) in [6.07, 6.45) is 5.70. The number of aromatic nitrogens is 2. The standard InChI is InChI=1S/C12H21N3/c1-4-10-9-13-15(3)12(10)11-5-7-14(2)8-6-11/h9,11H,4-8H2,1-3H3. The van der Waals surface area contributed by atoms with Crippen molar-refractivity contribution in [2.24, 2.45) is 7.05 Å². The lowest BCUT2D eigenvalue weighted by Crippen LogP contribution is -2.30. The van der Waals surface area contributed by atoms with E-state index < -0.39 is 0 Å². The number of aryl methyl sites for hydroxylation is 2. The lowest BCUT2D eigenvalue weighted by molar-refractivity contribution is 0.250. The lowest BCUT2D eigenvalue weighted by Gasteiger charge is -2.29. The van der Waals surface area contributed by atoms with Crippen LogP contribution in [0.1, 0.15) is 36.9 Å². The van der Waals surface area contributed by atoms with E-state index in [1.54, 1.807) is 0 Å². The maximum atomic E-state index is 4.38. The molecular formula is C12H21N3. The van der Waals surface area contributed by atoms with Crippen molar-refractivity contribution in [1.29, 1.82) is 0 Å². The summed E-state index contributed by atoms with van der Waals surface area (Å²) in [5.74, 6) is 0.726. The van der Waals surface area contributed by atoms with E-state index in [1.165, 1.54) is 37.2 Å². The van der Waals surface area contributed by atoms with Crippen molar-refractivity contribution in [3.05, 3.63) is 17.5 Å². The molecule has 1 fully saturated rings. The first-order chi connectivity index (χ1) is 7.22. The van der Waals surface area contributed by atoms with Crippen molar-refractivity contribution in [3.8, 4) is 0 Å². The first-order valence-electron chi connectivity index (χ1n) is 5.91. The van der Waals surface area contributed by atoms with Gasteiger partial charge in [-0.25, -0.2) is 0 Å². The van der Waals surface area contributed by atoms with Crippen LogP contribution in [0.2, 0.25) is 0 Å². The van der Waals surface area contributed by atoms with Crippen LogP contribution in [0.5, 0.6) is 0 Å². The van der Waals surface area contributed by atoms with Gasteiger partial charge >= 0.3 is 0 Å². The molecule has 1 aromatic rings. The van der Waals surface area contributed by atoms with E-state index in [0.717, 1.165) is 12.3 Å². The third kappa shape index (κ3) is 2.07. The first kappa shape index (κ1) is 10.7. The molecule has 0 aliphatic carbocycles. The van der Waals surface area contributed by atoms with Crippen molar-refractivity contribution in [2.45, 2.75) is 32.1 Å². The number of hydrogen-bond donors (Lipinski definition) is 0. The van der Waals surface area contributed by atoms with Crippen molar-refractivity contribution < 1.29 is 0 Å². The van der Waals surface area contributed by atoms with Crippen molar-refractivity contribution >= 4 is 0 Å². The molecule has 3 heteroatoms. The quantitative estimate of drug-likeness (QED) is 0.737. The monoisotopic (exact) mass is 207 g/mol. The predicted octanol–water partition coefficient (Wildman–Crippen LogP) is 1.79. The summed E-state index contributed by atoms with van der Waals surface area (Å²) >= 11 is 0. The SMILES string of the molecule is CCc1cnn(C)c1C1CCN(C)CC1. The fraction of sp³-hybridized carbons (Fsp3) is 0.750. The molecule has 1 saturated heterocycles. The van der Waals surface area contributed by atoms with Crippen LogP contribution in [0.15, 0.2) is 6.20 Å². The van der Waals surface area contributed by atoms with Gasteiger partial charge in [-0.1, -0.05) is 6.92 Å². The van der Waals surface area contributed by atoms with Gasteiger partial charge in [0.25, 0.3) is 0 Å². The van der Waals surface area contributed by atoms with E-state index in [4.69, 9.17) is 0 Å². The summed E-state index contributed by atoms with van der Waals surface area (Å²) in [6.45, 7) is 4.66. The fourth-order valence-electron chi connectivity index (χ4n) is 2.57. The summed E-state index contributed by atoms with van der Waals surface area (Å²) in [5, 5.41) is 4.38. The third-order valence-corrected chi connectivity index (χ3v) is 3.55. The average Bonchev–Trinajstić information content (AvgIpc) is 2.61. The van der Waals surface area contributed by atoms with Crippen LogP contribution >= 0.6 is 0 Å². The number of rotatable bonds is 2. The van der Waals surface area contributed by atoms with Gasteiger partial charge in [0.1, 0.15) is 0 Å². The minimum absolute atomic E-state index is 0.726. The Bertz CT molecular complexity index is 322. The van der Waals surface area contributed by atoms with E-state index in [0.29, 0.717) is 0 Å². The molecule has 1 aliphatic heterocycles. The first-order valence-corrected chi connectivity index (χ1v) is 5.91. The molecule has 0 unspecified atom stereocenters. The Morgan fingerprint density at radius 2 is 2.00 bits per heavy atom. The summed E-state index contributed by atoms with van der Waals surface area (Å²) in [7, 11) is 4.28. The van der Waals surface area contributed by atoms with E-state index >= 15 is 0 Å². The highest BCUT2D eigenvalue weighted by Gasteiger charge is 2.23. The molecule has 1 aromatic heterocycles. The van der Waals surface area contributed by atoms with Gasteiger partial charge in [-0.2, -0.15) is 5.10 Å². The van der Waals surface area contributed by atoms with E-state index in [1.807, 2.05) is 6.20 Å². The van der Waals surface area contributed by atoms with Gasteiger partial charge in [-0.05, 0) is 45.0 Å². The van der Waals surface area contributed by atoms with Gasteiger partial charge in [0.15, 0.2) is 0 Å². The highest BCUT2D eigenvalue weighted by Crippen LogP contribution is 2.29. The molecule has 0 saturated carbocycles. The van der Waals surface area contributed by atoms with Gasteiger partial charge < -0.3 is 4.90 Å². The topological polar surface area (TPSA) is 21.1 Å². The molecule has 0 aromatic carbocycles. The lowest BCUT2D eigenvalue weighted by atomic mass is 9.91. The van der Waals surface area contributed by atoms with E-state index in [-0.39, 0.29) is 0 Å². The van der Waals surface area contributed by atoms with Crippen LogP contribution < -0.4 is 0 Å². The molecular weight excluding hydrogens is 186 g/mol. The van der Waals surface area contributed by atoms with Crippen LogP contribution in [0.4, 0.5) is 0 Å². The number of nitrogens with zero attached hydrogens (tertiary/aromatic N) is 3. The van der Waals surface area contributed by atoms with E-state index in [9.17, 15) is 0 Å². The Kier molecular flexibility index (Phi) is 3.10. The Morgan fingerprint density at radius 3 is 2.60 bits per heavy atom. The van der Waals surface area contributed by atoms with Crippen LogP contribution in [0, 0.1) is 0 Å². The Morgan fingerprint density at radius 1 is 1.33 bits per heavy atom. The van der Waals surface area contributed by atoms with Crippen LogP contribution in [-0.4, -0.2) is 34.8 Å². The van der Waals surface area contributed by atoms with Crippen LogP contribution in [0.3, 0.4) is 0 Å². The normalized spacial score (nSPS) is 19.7. The molecule has 2 heterocycles. The molecule has 0 atom stereocenters. The third-order valence-electron chi connectivity index (χ3n) is 3.55. The Labute approximate surface area is 92.1 Å². The van der Waals surface area contributed by atoms with Gasteiger partial charge in [0.05, 0.1) is 6.20 Å². The van der Waals surface area contributed by atoms with Crippen molar-refractivity contribution in [3.63, 3.8) is 0 Å². The number of piperidine rings is 1. The Balaban J connectivity index is 2.17. The zero-order valence-electron chi connectivity index (χ0n) is 10.0. The van der Waals surface area contributed by atoms with E-state index in [2.05, 4.69) is 35.7 Å². The second kappa shape index (κ2) is 4.35. The Hall–Kier alpha value is -0.830. The average molecular weight is 207 g/mol. The molecule has 3 nitrogen and oxygen atoms in total. The van der Waals surface area contributed by atoms with Gasteiger partial charge in [0.2, 0.25) is 0 Å². The predicted molar refractivity (Wildman–Crippen MR) is 62.1 cm³/mol. The molecule has 0 radical (unpaired) electrons. The summed E-state index contributed by atoms with van der Waals surface area (Å²) in [5.41, 5.74) is 2.91. The number of likely N-dealkylation sites (tertiary alicyclic amines) is 1. The highest BCUT2D eigenvalue weighted by atomic mass is 15.3. The van der Waals surface area contributed by atoms with Gasteiger partial charge in [0, 0.05) is 18.7 Å². The van der Waals surface area contributed by atoms with Crippen LogP contribution in [0.25, 0.3) is 0 Å². The summed E-state index contributed by atoms with van der Waals surface area (Å²) in [6, 6.07) is 0. The zero-order valence-corrected chi connectivity index (χ0v) is 10.0. The fourth-order valence-corrected chi connectivity index (χ4v) is 2.57. The molecule has 0 spiro atoms. The molecule has 0 N–H and O–H groups in total. The summed E-state index contributed by atoms with van der Waals surface area (Å²) in [4.78, 5) is 2.42. The van der Waals surface area contributed by atoms with Gasteiger partial charge in [-0.3, -0.25) is 4.68 Å². The zero-order chi connectivity index (χ0) is 10.8. The minimum Gasteiger partial charge on any atom is -0.306 e. The smallest absolute Gasteiger partial charge is 0.0524 e. The molecule has 0 bridgehead atoms. The molecule has 1 aliphatic rings.